The zero-order chi connectivity index (χ0) is 17.6. The number of halogens is 1. The number of carbonyl (C=O) groups excluding carboxylic acids is 2. The van der Waals surface area contributed by atoms with Gasteiger partial charge in [0.2, 0.25) is 5.91 Å². The first kappa shape index (κ1) is 17.3. The zero-order valence-electron chi connectivity index (χ0n) is 13.8. The molecule has 1 heterocycles. The third-order valence-corrected chi connectivity index (χ3v) is 4.38. The number of nitrogens with one attached hydrogen (secondary N) is 2. The molecule has 5 nitrogen and oxygen atoms in total. The van der Waals surface area contributed by atoms with Gasteiger partial charge in [0, 0.05) is 29.5 Å². The average molecular weight is 358 g/mol. The number of likely N-dealkylation sites (tertiary alicyclic amines) is 1. The molecule has 0 saturated carbocycles. The Morgan fingerprint density at radius 3 is 1.96 bits per heavy atom. The van der Waals surface area contributed by atoms with Gasteiger partial charge in [-0.3, -0.25) is 4.79 Å². The molecular weight excluding hydrogens is 338 g/mol. The van der Waals surface area contributed by atoms with E-state index in [1.807, 2.05) is 17.0 Å². The van der Waals surface area contributed by atoms with E-state index >= 15 is 0 Å². The van der Waals surface area contributed by atoms with E-state index < -0.39 is 0 Å². The van der Waals surface area contributed by atoms with E-state index in [0.717, 1.165) is 31.5 Å². The second-order valence-electron chi connectivity index (χ2n) is 6.05. The summed E-state index contributed by atoms with van der Waals surface area (Å²) in [5.74, 6) is 0.165. The van der Waals surface area contributed by atoms with E-state index in [0.29, 0.717) is 22.8 Å². The summed E-state index contributed by atoms with van der Waals surface area (Å²) >= 11 is 5.81. The predicted molar refractivity (Wildman–Crippen MR) is 100 cm³/mol. The Hall–Kier alpha value is -2.53. The minimum Gasteiger partial charge on any atom is -0.342 e. The maximum atomic E-state index is 12.1. The van der Waals surface area contributed by atoms with Crippen LogP contribution in [0, 0.1) is 0 Å². The number of hydrogen-bond donors (Lipinski definition) is 2. The highest BCUT2D eigenvalue weighted by molar-refractivity contribution is 6.30. The third-order valence-electron chi connectivity index (χ3n) is 4.13. The fourth-order valence-corrected chi connectivity index (χ4v) is 2.91. The molecule has 0 aromatic heterocycles. The van der Waals surface area contributed by atoms with Gasteiger partial charge >= 0.3 is 6.03 Å². The molecule has 1 aliphatic heterocycles. The minimum atomic E-state index is -0.330. The molecule has 1 fully saturated rings. The molecule has 0 spiro atoms. The van der Waals surface area contributed by atoms with Crippen molar-refractivity contribution in [2.24, 2.45) is 0 Å². The Kier molecular flexibility index (Phi) is 5.56. The first-order chi connectivity index (χ1) is 12.1. The van der Waals surface area contributed by atoms with Crippen molar-refractivity contribution in [1.29, 1.82) is 0 Å². The highest BCUT2D eigenvalue weighted by atomic mass is 35.5. The molecule has 2 N–H and O–H groups in total. The second-order valence-corrected chi connectivity index (χ2v) is 6.48. The molecular formula is C19H20ClN3O2. The lowest BCUT2D eigenvalue weighted by molar-refractivity contribution is -0.129. The van der Waals surface area contributed by atoms with Crippen molar-refractivity contribution >= 4 is 34.9 Å². The Labute approximate surface area is 152 Å². The lowest BCUT2D eigenvalue weighted by atomic mass is 10.1. The van der Waals surface area contributed by atoms with Crippen LogP contribution in [0.2, 0.25) is 5.02 Å². The van der Waals surface area contributed by atoms with Gasteiger partial charge in [0.1, 0.15) is 0 Å². The molecule has 0 atom stereocenters. The highest BCUT2D eigenvalue weighted by Gasteiger charge is 2.17. The van der Waals surface area contributed by atoms with Gasteiger partial charge in [-0.25, -0.2) is 4.79 Å². The Morgan fingerprint density at radius 1 is 0.880 bits per heavy atom. The van der Waals surface area contributed by atoms with E-state index in [1.165, 1.54) is 0 Å². The smallest absolute Gasteiger partial charge is 0.323 e. The van der Waals surface area contributed by atoms with Gasteiger partial charge in [-0.05, 0) is 54.8 Å². The number of anilines is 2. The van der Waals surface area contributed by atoms with Crippen LogP contribution in [0.5, 0.6) is 0 Å². The van der Waals surface area contributed by atoms with Gasteiger partial charge in [-0.15, -0.1) is 0 Å². The molecule has 0 aliphatic carbocycles. The molecule has 25 heavy (non-hydrogen) atoms. The first-order valence-corrected chi connectivity index (χ1v) is 8.68. The molecule has 1 aliphatic rings. The number of nitrogens with zero attached hydrogens (tertiary/aromatic N) is 1. The van der Waals surface area contributed by atoms with Crippen LogP contribution in [0.15, 0.2) is 48.5 Å². The molecule has 0 radical (unpaired) electrons. The molecule has 0 unspecified atom stereocenters. The normalized spacial score (nSPS) is 13.6. The SMILES string of the molecule is O=C(Nc1ccc(Cl)cc1)Nc1ccc(CC(=O)N2CCCC2)cc1. The predicted octanol–water partition coefficient (Wildman–Crippen LogP) is 4.15. The molecule has 1 saturated heterocycles. The van der Waals surface area contributed by atoms with Crippen LogP contribution < -0.4 is 10.6 Å². The average Bonchev–Trinajstić information content (AvgIpc) is 3.13. The van der Waals surface area contributed by atoms with Crippen molar-refractivity contribution in [3.8, 4) is 0 Å². The van der Waals surface area contributed by atoms with E-state index in [9.17, 15) is 9.59 Å². The third kappa shape index (κ3) is 4.97. The van der Waals surface area contributed by atoms with Gasteiger partial charge in [-0.2, -0.15) is 0 Å². The standard InChI is InChI=1S/C19H20ClN3O2/c20-15-5-9-17(10-6-15)22-19(25)21-16-7-3-14(4-8-16)13-18(24)23-11-1-2-12-23/h3-10H,1-2,11-13H2,(H2,21,22,25). The van der Waals surface area contributed by atoms with Crippen LogP contribution >= 0.6 is 11.6 Å². The fourth-order valence-electron chi connectivity index (χ4n) is 2.79. The summed E-state index contributed by atoms with van der Waals surface area (Å²) in [7, 11) is 0. The molecule has 3 rings (SSSR count). The molecule has 3 amide bonds. The van der Waals surface area contributed by atoms with E-state index in [-0.39, 0.29) is 11.9 Å². The van der Waals surface area contributed by atoms with Crippen molar-refractivity contribution < 1.29 is 9.59 Å². The summed E-state index contributed by atoms with van der Waals surface area (Å²) in [6, 6.07) is 13.9. The Balaban J connectivity index is 1.52. The monoisotopic (exact) mass is 357 g/mol. The van der Waals surface area contributed by atoms with E-state index in [2.05, 4.69) is 10.6 Å². The van der Waals surface area contributed by atoms with Gasteiger partial charge in [0.15, 0.2) is 0 Å². The number of benzene rings is 2. The summed E-state index contributed by atoms with van der Waals surface area (Å²) in [6.45, 7) is 1.73. The maximum Gasteiger partial charge on any atom is 0.323 e. The second kappa shape index (κ2) is 8.03. The lowest BCUT2D eigenvalue weighted by Crippen LogP contribution is -2.29. The topological polar surface area (TPSA) is 61.4 Å². The van der Waals surface area contributed by atoms with Crippen LogP contribution in [0.3, 0.4) is 0 Å². The number of amides is 3. The molecule has 0 bridgehead atoms. The zero-order valence-corrected chi connectivity index (χ0v) is 14.6. The minimum absolute atomic E-state index is 0.165. The number of urea groups is 1. The number of carbonyl (C=O) groups is 2. The fraction of sp³-hybridized carbons (Fsp3) is 0.263. The van der Waals surface area contributed by atoms with Gasteiger partial charge in [0.05, 0.1) is 6.42 Å². The van der Waals surface area contributed by atoms with Crippen molar-refractivity contribution in [3.05, 3.63) is 59.1 Å². The van der Waals surface area contributed by atoms with Gasteiger partial charge in [0.25, 0.3) is 0 Å². The van der Waals surface area contributed by atoms with Gasteiger partial charge in [-0.1, -0.05) is 23.7 Å². The van der Waals surface area contributed by atoms with Crippen molar-refractivity contribution in [3.63, 3.8) is 0 Å². The summed E-state index contributed by atoms with van der Waals surface area (Å²) in [5.41, 5.74) is 2.28. The van der Waals surface area contributed by atoms with Crippen LogP contribution in [0.25, 0.3) is 0 Å². The Morgan fingerprint density at radius 2 is 1.40 bits per heavy atom. The molecule has 130 valence electrons. The highest BCUT2D eigenvalue weighted by Crippen LogP contribution is 2.16. The first-order valence-electron chi connectivity index (χ1n) is 8.30. The van der Waals surface area contributed by atoms with Crippen LogP contribution in [-0.4, -0.2) is 29.9 Å². The molecule has 2 aromatic rings. The molecule has 2 aromatic carbocycles. The van der Waals surface area contributed by atoms with Crippen molar-refractivity contribution in [1.82, 2.24) is 4.90 Å². The van der Waals surface area contributed by atoms with Crippen LogP contribution in [-0.2, 0) is 11.2 Å². The number of hydrogen-bond acceptors (Lipinski definition) is 2. The van der Waals surface area contributed by atoms with Gasteiger partial charge < -0.3 is 15.5 Å². The van der Waals surface area contributed by atoms with Crippen molar-refractivity contribution in [2.45, 2.75) is 19.3 Å². The summed E-state index contributed by atoms with van der Waals surface area (Å²) in [4.78, 5) is 26.0. The quantitative estimate of drug-likeness (QED) is 0.863. The lowest BCUT2D eigenvalue weighted by Gasteiger charge is -2.15. The van der Waals surface area contributed by atoms with E-state index in [1.54, 1.807) is 36.4 Å². The van der Waals surface area contributed by atoms with Crippen LogP contribution in [0.4, 0.5) is 16.2 Å². The van der Waals surface area contributed by atoms with E-state index in [4.69, 9.17) is 11.6 Å². The summed E-state index contributed by atoms with van der Waals surface area (Å²) in [5, 5.41) is 6.11. The van der Waals surface area contributed by atoms with Crippen molar-refractivity contribution in [2.75, 3.05) is 23.7 Å². The Bertz CT molecular complexity index is 738. The summed E-state index contributed by atoms with van der Waals surface area (Å²) in [6.07, 6.45) is 2.59. The number of rotatable bonds is 4. The summed E-state index contributed by atoms with van der Waals surface area (Å²) < 4.78 is 0. The maximum absolute atomic E-state index is 12.1. The largest absolute Gasteiger partial charge is 0.342 e. The van der Waals surface area contributed by atoms with Crippen LogP contribution in [0.1, 0.15) is 18.4 Å². The molecule has 6 heteroatoms.